The number of ether oxygens (including phenoxy) is 1. The molecule has 6 nitrogen and oxygen atoms in total. The summed E-state index contributed by atoms with van der Waals surface area (Å²) in [6, 6.07) is 10.1. The molecule has 0 atom stereocenters. The Morgan fingerprint density at radius 2 is 1.96 bits per heavy atom. The monoisotopic (exact) mass is 351 g/mol. The quantitative estimate of drug-likeness (QED) is 0.603. The first-order chi connectivity index (χ1) is 12.2. The summed E-state index contributed by atoms with van der Waals surface area (Å²) in [5, 5.41) is 9.93. The van der Waals surface area contributed by atoms with E-state index in [0.717, 1.165) is 39.0 Å². The smallest absolute Gasteiger partial charge is 0.229 e. The lowest BCUT2D eigenvalue weighted by Crippen LogP contribution is -2.01. The first kappa shape index (κ1) is 15.6. The normalized spacial score (nSPS) is 11.0. The fourth-order valence-electron chi connectivity index (χ4n) is 2.92. The number of methoxy groups -OCH3 is 1. The second-order valence-corrected chi connectivity index (χ2v) is 6.55. The van der Waals surface area contributed by atoms with Crippen LogP contribution in [0.5, 0.6) is 5.75 Å². The lowest BCUT2D eigenvalue weighted by molar-refractivity contribution is 0.415. The van der Waals surface area contributed by atoms with Crippen LogP contribution in [0.4, 0.5) is 0 Å². The molecule has 0 spiro atoms. The number of aromatic amines is 1. The van der Waals surface area contributed by atoms with E-state index in [1.54, 1.807) is 18.4 Å². The molecule has 4 rings (SSSR count). The molecule has 3 heterocycles. The molecule has 0 fully saturated rings. The Morgan fingerprint density at radius 1 is 1.16 bits per heavy atom. The third-order valence-corrected chi connectivity index (χ3v) is 5.05. The summed E-state index contributed by atoms with van der Waals surface area (Å²) in [6.07, 6.45) is 1.51. The molecule has 0 unspecified atom stereocenters. The molecule has 126 valence electrons. The van der Waals surface area contributed by atoms with E-state index in [1.807, 2.05) is 24.3 Å². The fraction of sp³-hybridized carbons (Fsp3) is 0.167. The second-order valence-electron chi connectivity index (χ2n) is 5.70. The molecule has 7 heteroatoms. The maximum Gasteiger partial charge on any atom is 0.229 e. The summed E-state index contributed by atoms with van der Waals surface area (Å²) < 4.78 is 7.26. The van der Waals surface area contributed by atoms with Crippen LogP contribution in [0.3, 0.4) is 0 Å². The maximum absolute atomic E-state index is 5.21. The number of hydrogen-bond donors (Lipinski definition) is 1. The number of nitrogens with zero attached hydrogens (tertiary/aromatic N) is 4. The van der Waals surface area contributed by atoms with Gasteiger partial charge in [0.15, 0.2) is 0 Å². The number of nitrogens with one attached hydrogen (secondary N) is 1. The minimum Gasteiger partial charge on any atom is -0.497 e. The minimum atomic E-state index is 0.715. The molecule has 0 saturated carbocycles. The van der Waals surface area contributed by atoms with E-state index < -0.39 is 0 Å². The van der Waals surface area contributed by atoms with Gasteiger partial charge in [0, 0.05) is 27.9 Å². The molecule has 0 radical (unpaired) electrons. The van der Waals surface area contributed by atoms with E-state index in [0.29, 0.717) is 5.95 Å². The van der Waals surface area contributed by atoms with Gasteiger partial charge in [0.1, 0.15) is 17.1 Å². The van der Waals surface area contributed by atoms with Crippen molar-refractivity contribution in [2.45, 2.75) is 13.8 Å². The van der Waals surface area contributed by atoms with Crippen molar-refractivity contribution in [2.75, 3.05) is 7.11 Å². The molecule has 0 aliphatic heterocycles. The van der Waals surface area contributed by atoms with E-state index in [2.05, 4.69) is 45.0 Å². The highest BCUT2D eigenvalue weighted by atomic mass is 32.1. The zero-order valence-corrected chi connectivity index (χ0v) is 15.0. The summed E-state index contributed by atoms with van der Waals surface area (Å²) in [6.45, 7) is 4.12. The predicted molar refractivity (Wildman–Crippen MR) is 98.3 cm³/mol. The average molecular weight is 351 g/mol. The topological polar surface area (TPSA) is 68.6 Å². The second kappa shape index (κ2) is 6.18. The standard InChI is InChI=1S/C18H17N5OS/c1-11-8-15(12(2)23(11)18-19-10-20-22-18)16-9-25-17(21-16)13-4-6-14(24-3)7-5-13/h4-10H,1-3H3,(H,19,20,22). The van der Waals surface area contributed by atoms with Gasteiger partial charge in [-0.2, -0.15) is 10.1 Å². The summed E-state index contributed by atoms with van der Waals surface area (Å²) in [5.74, 6) is 1.56. The van der Waals surface area contributed by atoms with Crippen molar-refractivity contribution in [3.63, 3.8) is 0 Å². The molecular formula is C18H17N5OS. The Hall–Kier alpha value is -2.93. The third-order valence-electron chi connectivity index (χ3n) is 4.16. The van der Waals surface area contributed by atoms with Crippen molar-refractivity contribution in [3.8, 4) is 33.5 Å². The Kier molecular flexibility index (Phi) is 3.85. The highest BCUT2D eigenvalue weighted by Crippen LogP contribution is 2.33. The van der Waals surface area contributed by atoms with Crippen LogP contribution in [0, 0.1) is 13.8 Å². The fourth-order valence-corrected chi connectivity index (χ4v) is 3.74. The molecule has 4 aromatic rings. The lowest BCUT2D eigenvalue weighted by atomic mass is 10.2. The van der Waals surface area contributed by atoms with Gasteiger partial charge in [-0.25, -0.2) is 10.1 Å². The van der Waals surface area contributed by atoms with Crippen molar-refractivity contribution in [1.82, 2.24) is 24.7 Å². The zero-order valence-electron chi connectivity index (χ0n) is 14.1. The largest absolute Gasteiger partial charge is 0.497 e. The van der Waals surface area contributed by atoms with Gasteiger partial charge in [0.2, 0.25) is 5.95 Å². The van der Waals surface area contributed by atoms with Crippen LogP contribution in [0.15, 0.2) is 42.0 Å². The highest BCUT2D eigenvalue weighted by molar-refractivity contribution is 7.13. The van der Waals surface area contributed by atoms with E-state index in [1.165, 1.54) is 6.33 Å². The molecule has 1 N–H and O–H groups in total. The molecule has 0 bridgehead atoms. The van der Waals surface area contributed by atoms with E-state index in [4.69, 9.17) is 9.72 Å². The number of H-pyrrole nitrogens is 1. The third kappa shape index (κ3) is 2.72. The van der Waals surface area contributed by atoms with Crippen LogP contribution in [0.1, 0.15) is 11.4 Å². The van der Waals surface area contributed by atoms with Gasteiger partial charge in [0.25, 0.3) is 0 Å². The van der Waals surface area contributed by atoms with Crippen LogP contribution >= 0.6 is 11.3 Å². The molecule has 0 aliphatic carbocycles. The van der Waals surface area contributed by atoms with Crippen molar-refractivity contribution in [2.24, 2.45) is 0 Å². The molecular weight excluding hydrogens is 334 g/mol. The minimum absolute atomic E-state index is 0.715. The molecule has 3 aromatic heterocycles. The Morgan fingerprint density at radius 3 is 2.64 bits per heavy atom. The van der Waals surface area contributed by atoms with E-state index >= 15 is 0 Å². The Bertz CT molecular complexity index is 999. The van der Waals surface area contributed by atoms with Crippen molar-refractivity contribution in [1.29, 1.82) is 0 Å². The number of hydrogen-bond acceptors (Lipinski definition) is 5. The molecule has 1 aromatic carbocycles. The molecule has 0 amide bonds. The van der Waals surface area contributed by atoms with Gasteiger partial charge < -0.3 is 4.74 Å². The molecule has 0 saturated heterocycles. The SMILES string of the molecule is COc1ccc(-c2nc(-c3cc(C)n(-c4ncn[nH]4)c3C)cs2)cc1. The van der Waals surface area contributed by atoms with Crippen LogP contribution in [0.25, 0.3) is 27.8 Å². The highest BCUT2D eigenvalue weighted by Gasteiger charge is 2.16. The molecule has 25 heavy (non-hydrogen) atoms. The Balaban J connectivity index is 1.72. The van der Waals surface area contributed by atoms with Crippen molar-refractivity contribution >= 4 is 11.3 Å². The summed E-state index contributed by atoms with van der Waals surface area (Å²) in [4.78, 5) is 9.07. The van der Waals surface area contributed by atoms with E-state index in [9.17, 15) is 0 Å². The van der Waals surface area contributed by atoms with Gasteiger partial charge in [-0.15, -0.1) is 11.3 Å². The molecule has 0 aliphatic rings. The van der Waals surface area contributed by atoms with Crippen molar-refractivity contribution in [3.05, 3.63) is 53.4 Å². The van der Waals surface area contributed by atoms with Gasteiger partial charge >= 0.3 is 0 Å². The summed E-state index contributed by atoms with van der Waals surface area (Å²) in [5.41, 5.74) is 5.32. The van der Waals surface area contributed by atoms with Crippen LogP contribution in [0.2, 0.25) is 0 Å². The van der Waals surface area contributed by atoms with Gasteiger partial charge in [-0.3, -0.25) is 4.57 Å². The van der Waals surface area contributed by atoms with Gasteiger partial charge in [-0.1, -0.05) is 0 Å². The lowest BCUT2D eigenvalue weighted by Gasteiger charge is -2.04. The maximum atomic E-state index is 5.21. The number of aromatic nitrogens is 5. The number of rotatable bonds is 4. The van der Waals surface area contributed by atoms with Gasteiger partial charge in [0.05, 0.1) is 12.8 Å². The zero-order chi connectivity index (χ0) is 17.4. The first-order valence-electron chi connectivity index (χ1n) is 7.82. The first-order valence-corrected chi connectivity index (χ1v) is 8.70. The Labute approximate surface area is 149 Å². The average Bonchev–Trinajstić information content (AvgIpc) is 3.36. The number of aryl methyl sites for hydroxylation is 1. The van der Waals surface area contributed by atoms with E-state index in [-0.39, 0.29) is 0 Å². The van der Waals surface area contributed by atoms with Crippen LogP contribution in [-0.4, -0.2) is 31.8 Å². The van der Waals surface area contributed by atoms with Crippen LogP contribution in [-0.2, 0) is 0 Å². The van der Waals surface area contributed by atoms with Crippen LogP contribution < -0.4 is 4.74 Å². The summed E-state index contributed by atoms with van der Waals surface area (Å²) in [7, 11) is 1.67. The van der Waals surface area contributed by atoms with Gasteiger partial charge in [-0.05, 0) is 44.2 Å². The number of thiazole rings is 1. The number of benzene rings is 1. The predicted octanol–water partition coefficient (Wildman–Crippen LogP) is 4.01. The summed E-state index contributed by atoms with van der Waals surface area (Å²) >= 11 is 1.64. The van der Waals surface area contributed by atoms with Crippen molar-refractivity contribution < 1.29 is 4.74 Å².